The largest absolute Gasteiger partial charge is 0.489 e. The van der Waals surface area contributed by atoms with E-state index < -0.39 is 0 Å². The van der Waals surface area contributed by atoms with E-state index in [1.807, 2.05) is 19.1 Å². The Labute approximate surface area is 204 Å². The third kappa shape index (κ3) is 4.45. The van der Waals surface area contributed by atoms with Crippen molar-refractivity contribution in [1.82, 2.24) is 14.7 Å². The van der Waals surface area contributed by atoms with Crippen molar-refractivity contribution in [2.45, 2.75) is 51.2 Å². The van der Waals surface area contributed by atoms with Crippen LogP contribution in [0.15, 0.2) is 16.5 Å². The maximum atomic E-state index is 13.2. The first-order valence-electron chi connectivity index (χ1n) is 12.2. The molecule has 8 nitrogen and oxygen atoms in total. The van der Waals surface area contributed by atoms with Gasteiger partial charge in [0.25, 0.3) is 5.91 Å². The Morgan fingerprint density at radius 2 is 1.68 bits per heavy atom. The molecule has 1 aliphatic carbocycles. The Balaban J connectivity index is 1.27. The number of aryl methyl sites for hydroxylation is 1. The molecule has 2 amide bonds. The summed E-state index contributed by atoms with van der Waals surface area (Å²) in [4.78, 5) is 30.8. The van der Waals surface area contributed by atoms with Crippen molar-refractivity contribution >= 4 is 34.6 Å². The lowest BCUT2D eigenvalue weighted by atomic mass is 9.90. The Kier molecular flexibility index (Phi) is 6.62. The predicted octanol–water partition coefficient (Wildman–Crippen LogP) is 4.31. The number of piperazine rings is 1. The van der Waals surface area contributed by atoms with E-state index in [0.717, 1.165) is 42.9 Å². The lowest BCUT2D eigenvalue weighted by molar-refractivity contribution is 0.0494. The van der Waals surface area contributed by atoms with Gasteiger partial charge in [0.15, 0.2) is 5.76 Å². The number of furan rings is 1. The molecule has 3 heterocycles. The molecule has 34 heavy (non-hydrogen) atoms. The first kappa shape index (κ1) is 23.3. The number of carbonyl (C=O) groups excluding carboxylic acids is 2. The first-order valence-corrected chi connectivity index (χ1v) is 12.6. The van der Waals surface area contributed by atoms with Gasteiger partial charge in [-0.05, 0) is 38.7 Å². The maximum Gasteiger partial charge on any atom is 0.409 e. The van der Waals surface area contributed by atoms with Crippen LogP contribution >= 0.6 is 11.6 Å². The van der Waals surface area contributed by atoms with Crippen molar-refractivity contribution in [1.29, 1.82) is 0 Å². The van der Waals surface area contributed by atoms with E-state index >= 15 is 0 Å². The number of ether oxygens (including phenoxy) is 2. The molecular weight excluding hydrogens is 458 g/mol. The van der Waals surface area contributed by atoms with Crippen molar-refractivity contribution < 1.29 is 23.5 Å². The minimum Gasteiger partial charge on any atom is -0.489 e. The van der Waals surface area contributed by atoms with E-state index in [9.17, 15) is 9.59 Å². The molecule has 0 radical (unpaired) electrons. The van der Waals surface area contributed by atoms with Crippen molar-refractivity contribution in [3.8, 4) is 5.75 Å². The van der Waals surface area contributed by atoms with Crippen molar-refractivity contribution in [2.75, 3.05) is 46.4 Å². The monoisotopic (exact) mass is 489 g/mol. The van der Waals surface area contributed by atoms with Gasteiger partial charge in [-0.25, -0.2) is 4.79 Å². The van der Waals surface area contributed by atoms with Gasteiger partial charge in [0, 0.05) is 62.3 Å². The van der Waals surface area contributed by atoms with Gasteiger partial charge >= 0.3 is 6.09 Å². The Bertz CT molecular complexity index is 1070. The van der Waals surface area contributed by atoms with E-state index in [2.05, 4.69) is 4.90 Å². The SMILES string of the molecule is COC(=O)N1CCN(C(=O)c2oc3cc(OC4CCN(C5CCC5)CC4)c(Cl)cc3c2C)CC1. The number of methoxy groups -OCH3 is 1. The van der Waals surface area contributed by atoms with Crippen LogP contribution in [0.1, 0.15) is 48.2 Å². The van der Waals surface area contributed by atoms with Gasteiger partial charge in [-0.15, -0.1) is 0 Å². The summed E-state index contributed by atoms with van der Waals surface area (Å²) < 4.78 is 17.1. The highest BCUT2D eigenvalue weighted by Crippen LogP contribution is 2.37. The topological polar surface area (TPSA) is 75.5 Å². The average molecular weight is 490 g/mol. The maximum absolute atomic E-state index is 13.2. The second kappa shape index (κ2) is 9.66. The summed E-state index contributed by atoms with van der Waals surface area (Å²) in [6, 6.07) is 4.42. The minimum atomic E-state index is -0.372. The number of hydrogen-bond acceptors (Lipinski definition) is 6. The second-order valence-corrected chi connectivity index (χ2v) is 9.93. The fraction of sp³-hybridized carbons (Fsp3) is 0.600. The molecule has 0 bridgehead atoms. The normalized spacial score (nSPS) is 20.4. The number of benzene rings is 1. The zero-order valence-electron chi connectivity index (χ0n) is 19.8. The summed E-state index contributed by atoms with van der Waals surface area (Å²) in [7, 11) is 1.36. The molecule has 5 rings (SSSR count). The molecule has 0 spiro atoms. The van der Waals surface area contributed by atoms with Crippen molar-refractivity contribution in [3.63, 3.8) is 0 Å². The van der Waals surface area contributed by atoms with Crippen LogP contribution in [0.2, 0.25) is 5.02 Å². The fourth-order valence-electron chi connectivity index (χ4n) is 5.17. The third-order valence-corrected chi connectivity index (χ3v) is 7.84. The van der Waals surface area contributed by atoms with Gasteiger partial charge in [0.2, 0.25) is 0 Å². The van der Waals surface area contributed by atoms with Crippen LogP contribution in [0.3, 0.4) is 0 Å². The lowest BCUT2D eigenvalue weighted by Crippen LogP contribution is -2.50. The van der Waals surface area contributed by atoms with Crippen LogP contribution in [-0.4, -0.2) is 85.2 Å². The number of fused-ring (bicyclic) bond motifs is 1. The zero-order chi connectivity index (χ0) is 23.8. The zero-order valence-corrected chi connectivity index (χ0v) is 20.6. The summed E-state index contributed by atoms with van der Waals surface area (Å²) in [5.41, 5.74) is 1.36. The highest BCUT2D eigenvalue weighted by Gasteiger charge is 2.31. The second-order valence-electron chi connectivity index (χ2n) is 9.52. The van der Waals surface area contributed by atoms with Gasteiger partial charge < -0.3 is 28.6 Å². The summed E-state index contributed by atoms with van der Waals surface area (Å²) in [6.45, 7) is 5.73. The van der Waals surface area contributed by atoms with E-state index in [1.54, 1.807) is 9.80 Å². The van der Waals surface area contributed by atoms with Crippen LogP contribution < -0.4 is 4.74 Å². The first-order chi connectivity index (χ1) is 16.4. The van der Waals surface area contributed by atoms with Crippen LogP contribution in [-0.2, 0) is 4.74 Å². The molecule has 184 valence electrons. The van der Waals surface area contributed by atoms with Crippen molar-refractivity contribution in [3.05, 3.63) is 28.5 Å². The quantitative estimate of drug-likeness (QED) is 0.637. The highest BCUT2D eigenvalue weighted by molar-refractivity contribution is 6.33. The van der Waals surface area contributed by atoms with Crippen LogP contribution in [0.5, 0.6) is 5.75 Å². The average Bonchev–Trinajstić information content (AvgIpc) is 3.13. The Morgan fingerprint density at radius 1 is 1.00 bits per heavy atom. The number of rotatable bonds is 4. The molecule has 9 heteroatoms. The van der Waals surface area contributed by atoms with Crippen LogP contribution in [0.4, 0.5) is 4.79 Å². The molecule has 2 saturated heterocycles. The van der Waals surface area contributed by atoms with Crippen LogP contribution in [0.25, 0.3) is 11.0 Å². The molecule has 2 aliphatic heterocycles. The molecule has 3 fully saturated rings. The molecule has 1 aromatic carbocycles. The molecule has 3 aliphatic rings. The number of nitrogens with zero attached hydrogens (tertiary/aromatic N) is 3. The number of hydrogen-bond donors (Lipinski definition) is 0. The van der Waals surface area contributed by atoms with Gasteiger partial charge in [-0.3, -0.25) is 4.79 Å². The number of halogens is 1. The summed E-state index contributed by atoms with van der Waals surface area (Å²) >= 11 is 6.58. The van der Waals surface area contributed by atoms with Crippen LogP contribution in [0, 0.1) is 6.92 Å². The lowest BCUT2D eigenvalue weighted by Gasteiger charge is -2.41. The third-order valence-electron chi connectivity index (χ3n) is 7.55. The highest BCUT2D eigenvalue weighted by atomic mass is 35.5. The fourth-order valence-corrected chi connectivity index (χ4v) is 5.38. The summed E-state index contributed by atoms with van der Waals surface area (Å²) in [6.07, 6.45) is 5.75. The molecule has 0 unspecified atom stereocenters. The standard InChI is InChI=1S/C25H32ClN3O5/c1-16-19-14-20(26)22(33-18-6-8-27(9-7-18)17-4-3-5-17)15-21(19)34-23(16)24(30)28-10-12-29(13-11-28)25(31)32-2/h14-15,17-18H,3-13H2,1-2H3. The molecule has 1 saturated carbocycles. The van der Waals surface area contributed by atoms with Gasteiger partial charge in [-0.1, -0.05) is 18.0 Å². The molecule has 2 aromatic rings. The van der Waals surface area contributed by atoms with E-state index in [-0.39, 0.29) is 18.1 Å². The summed E-state index contributed by atoms with van der Waals surface area (Å²) in [5, 5.41) is 1.34. The number of likely N-dealkylation sites (tertiary alicyclic amines) is 1. The van der Waals surface area contributed by atoms with Crippen molar-refractivity contribution in [2.24, 2.45) is 0 Å². The van der Waals surface area contributed by atoms with E-state index in [4.69, 9.17) is 25.5 Å². The molecular formula is C25H32ClN3O5. The minimum absolute atomic E-state index is 0.134. The number of piperidine rings is 1. The van der Waals surface area contributed by atoms with Gasteiger partial charge in [-0.2, -0.15) is 0 Å². The van der Waals surface area contributed by atoms with E-state index in [1.165, 1.54) is 26.4 Å². The molecule has 1 aromatic heterocycles. The number of carbonyl (C=O) groups is 2. The molecule has 0 atom stereocenters. The number of amides is 2. The molecule has 0 N–H and O–H groups in total. The Hall–Kier alpha value is -2.45. The van der Waals surface area contributed by atoms with Gasteiger partial charge in [0.1, 0.15) is 17.4 Å². The summed E-state index contributed by atoms with van der Waals surface area (Å²) in [5.74, 6) is 0.736. The smallest absolute Gasteiger partial charge is 0.409 e. The van der Waals surface area contributed by atoms with E-state index in [0.29, 0.717) is 48.3 Å². The predicted molar refractivity (Wildman–Crippen MR) is 129 cm³/mol. The Morgan fingerprint density at radius 3 is 2.29 bits per heavy atom. The van der Waals surface area contributed by atoms with Gasteiger partial charge in [0.05, 0.1) is 12.1 Å².